The highest BCUT2D eigenvalue weighted by Crippen LogP contribution is 2.41. The van der Waals surface area contributed by atoms with Crippen LogP contribution in [0.5, 0.6) is 0 Å². The fourth-order valence-electron chi connectivity index (χ4n) is 7.55. The molecule has 0 bridgehead atoms. The Balaban J connectivity index is 1.26. The standard InChI is InChI=1S/C43H25N3O/c44-26-28-12-10-18-30(43(28)46-38-20-6-1-14-31(38)32-15-2-7-21-39(32)46)27-11-9-13-29(23-27)45-37-19-5-3-16-33(37)35-25-42-36(24-40(35)45)34-17-4-8-22-41(34)47-42/h1-25H. The van der Waals surface area contributed by atoms with Gasteiger partial charge in [0, 0.05) is 43.6 Å². The molecule has 10 aromatic rings. The van der Waals surface area contributed by atoms with E-state index in [1.165, 1.54) is 16.2 Å². The molecule has 0 fully saturated rings. The average Bonchev–Trinajstić information content (AvgIpc) is 3.77. The highest BCUT2D eigenvalue weighted by atomic mass is 16.3. The van der Waals surface area contributed by atoms with Crippen molar-refractivity contribution in [3.8, 4) is 28.6 Å². The normalized spacial score (nSPS) is 11.8. The molecule has 4 nitrogen and oxygen atoms in total. The second kappa shape index (κ2) is 9.71. The molecule has 218 valence electrons. The van der Waals surface area contributed by atoms with Crippen molar-refractivity contribution in [1.29, 1.82) is 5.26 Å². The molecule has 0 unspecified atom stereocenters. The van der Waals surface area contributed by atoms with Crippen LogP contribution in [0.1, 0.15) is 5.56 Å². The van der Waals surface area contributed by atoms with E-state index in [2.05, 4.69) is 143 Å². The van der Waals surface area contributed by atoms with Crippen LogP contribution in [-0.4, -0.2) is 9.13 Å². The van der Waals surface area contributed by atoms with Crippen molar-refractivity contribution in [1.82, 2.24) is 9.13 Å². The van der Waals surface area contributed by atoms with Crippen LogP contribution in [0.25, 0.3) is 88.1 Å². The molecule has 10 rings (SSSR count). The molecule has 3 aromatic heterocycles. The van der Waals surface area contributed by atoms with Crippen LogP contribution in [0.4, 0.5) is 0 Å². The third-order valence-electron chi connectivity index (χ3n) is 9.55. The van der Waals surface area contributed by atoms with E-state index in [0.717, 1.165) is 71.9 Å². The molecule has 0 aliphatic rings. The Kier molecular flexibility index (Phi) is 5.32. The van der Waals surface area contributed by atoms with Crippen molar-refractivity contribution in [2.75, 3.05) is 0 Å². The van der Waals surface area contributed by atoms with Crippen LogP contribution < -0.4 is 0 Å². The van der Waals surface area contributed by atoms with Gasteiger partial charge in [-0.05, 0) is 60.2 Å². The molecular formula is C43H25N3O. The Hall–Kier alpha value is -6.57. The number of furan rings is 1. The number of hydrogen-bond acceptors (Lipinski definition) is 2. The molecule has 0 N–H and O–H groups in total. The van der Waals surface area contributed by atoms with E-state index < -0.39 is 0 Å². The monoisotopic (exact) mass is 599 g/mol. The summed E-state index contributed by atoms with van der Waals surface area (Å²) in [7, 11) is 0. The number of rotatable bonds is 3. The number of aromatic nitrogens is 2. The minimum atomic E-state index is 0.630. The Labute approximate surface area is 269 Å². The van der Waals surface area contributed by atoms with Gasteiger partial charge < -0.3 is 13.6 Å². The van der Waals surface area contributed by atoms with Crippen LogP contribution in [0, 0.1) is 11.3 Å². The summed E-state index contributed by atoms with van der Waals surface area (Å²) in [5.74, 6) is 0. The molecule has 3 heterocycles. The predicted molar refractivity (Wildman–Crippen MR) is 193 cm³/mol. The highest BCUT2D eigenvalue weighted by Gasteiger charge is 2.20. The van der Waals surface area contributed by atoms with Gasteiger partial charge in [0.05, 0.1) is 33.3 Å². The Morgan fingerprint density at radius 3 is 1.79 bits per heavy atom. The first-order chi connectivity index (χ1) is 23.3. The van der Waals surface area contributed by atoms with E-state index in [1.54, 1.807) is 0 Å². The number of para-hydroxylation sites is 5. The maximum Gasteiger partial charge on any atom is 0.136 e. The van der Waals surface area contributed by atoms with E-state index in [9.17, 15) is 5.26 Å². The molecule has 4 heteroatoms. The lowest BCUT2D eigenvalue weighted by atomic mass is 9.99. The van der Waals surface area contributed by atoms with E-state index in [-0.39, 0.29) is 0 Å². The minimum Gasteiger partial charge on any atom is -0.456 e. The van der Waals surface area contributed by atoms with Crippen molar-refractivity contribution in [2.24, 2.45) is 0 Å². The molecule has 0 aliphatic heterocycles. The second-order valence-electron chi connectivity index (χ2n) is 12.0. The zero-order valence-electron chi connectivity index (χ0n) is 25.2. The summed E-state index contributed by atoms with van der Waals surface area (Å²) >= 11 is 0. The summed E-state index contributed by atoms with van der Waals surface area (Å²) in [6, 6.07) is 55.3. The number of hydrogen-bond donors (Lipinski definition) is 0. The fourth-order valence-corrected chi connectivity index (χ4v) is 7.55. The molecule has 0 saturated carbocycles. The summed E-state index contributed by atoms with van der Waals surface area (Å²) in [5, 5.41) is 17.3. The number of nitriles is 1. The van der Waals surface area contributed by atoms with Crippen LogP contribution >= 0.6 is 0 Å². The van der Waals surface area contributed by atoms with Crippen LogP contribution in [0.15, 0.2) is 156 Å². The Morgan fingerprint density at radius 1 is 0.447 bits per heavy atom. The van der Waals surface area contributed by atoms with Crippen molar-refractivity contribution in [2.45, 2.75) is 0 Å². The number of benzene rings is 7. The van der Waals surface area contributed by atoms with Gasteiger partial charge in [-0.1, -0.05) is 97.1 Å². The van der Waals surface area contributed by atoms with Gasteiger partial charge in [0.25, 0.3) is 0 Å². The van der Waals surface area contributed by atoms with Crippen molar-refractivity contribution >= 4 is 65.6 Å². The van der Waals surface area contributed by atoms with Gasteiger partial charge in [0.15, 0.2) is 0 Å². The summed E-state index contributed by atoms with van der Waals surface area (Å²) in [6.45, 7) is 0. The largest absolute Gasteiger partial charge is 0.456 e. The van der Waals surface area contributed by atoms with Crippen molar-refractivity contribution in [3.63, 3.8) is 0 Å². The lowest BCUT2D eigenvalue weighted by Gasteiger charge is -2.17. The van der Waals surface area contributed by atoms with Gasteiger partial charge in [-0.15, -0.1) is 0 Å². The van der Waals surface area contributed by atoms with E-state index in [1.807, 2.05) is 24.3 Å². The molecule has 0 amide bonds. The van der Waals surface area contributed by atoms with Crippen LogP contribution in [0.2, 0.25) is 0 Å². The minimum absolute atomic E-state index is 0.630. The van der Waals surface area contributed by atoms with Crippen LogP contribution in [0.3, 0.4) is 0 Å². The number of nitrogens with zero attached hydrogens (tertiary/aromatic N) is 3. The maximum absolute atomic E-state index is 10.4. The van der Waals surface area contributed by atoms with Gasteiger partial charge >= 0.3 is 0 Å². The van der Waals surface area contributed by atoms with Gasteiger partial charge in [0.1, 0.15) is 17.2 Å². The number of fused-ring (bicyclic) bond motifs is 9. The zero-order valence-corrected chi connectivity index (χ0v) is 25.2. The lowest BCUT2D eigenvalue weighted by Crippen LogP contribution is -2.01. The molecule has 0 radical (unpaired) electrons. The summed E-state index contributed by atoms with van der Waals surface area (Å²) in [5.41, 5.74) is 10.8. The topological polar surface area (TPSA) is 46.8 Å². The summed E-state index contributed by atoms with van der Waals surface area (Å²) in [4.78, 5) is 0. The summed E-state index contributed by atoms with van der Waals surface area (Å²) in [6.07, 6.45) is 0. The molecular weight excluding hydrogens is 574 g/mol. The quantitative estimate of drug-likeness (QED) is 0.203. The van der Waals surface area contributed by atoms with Gasteiger partial charge in [-0.25, -0.2) is 0 Å². The van der Waals surface area contributed by atoms with E-state index in [4.69, 9.17) is 4.42 Å². The van der Waals surface area contributed by atoms with E-state index in [0.29, 0.717) is 5.56 Å². The molecule has 0 spiro atoms. The molecule has 0 atom stereocenters. The summed E-state index contributed by atoms with van der Waals surface area (Å²) < 4.78 is 10.9. The third-order valence-corrected chi connectivity index (χ3v) is 9.55. The van der Waals surface area contributed by atoms with E-state index >= 15 is 0 Å². The third kappa shape index (κ3) is 3.63. The van der Waals surface area contributed by atoms with Gasteiger partial charge in [-0.2, -0.15) is 5.26 Å². The van der Waals surface area contributed by atoms with Crippen molar-refractivity contribution < 1.29 is 4.42 Å². The molecule has 47 heavy (non-hydrogen) atoms. The lowest BCUT2D eigenvalue weighted by molar-refractivity contribution is 0.669. The molecule has 0 saturated heterocycles. The maximum atomic E-state index is 10.4. The first kappa shape index (κ1) is 25.7. The Morgan fingerprint density at radius 2 is 1.06 bits per heavy atom. The zero-order chi connectivity index (χ0) is 31.1. The first-order valence-electron chi connectivity index (χ1n) is 15.8. The van der Waals surface area contributed by atoms with Gasteiger partial charge in [0.2, 0.25) is 0 Å². The predicted octanol–water partition coefficient (Wildman–Crippen LogP) is 11.3. The SMILES string of the molecule is N#Cc1cccc(-c2cccc(-n3c4ccccc4c4cc5oc6ccccc6c5cc43)c2)c1-n1c2ccccc2c2ccccc21. The van der Waals surface area contributed by atoms with Crippen LogP contribution in [-0.2, 0) is 0 Å². The fraction of sp³-hybridized carbons (Fsp3) is 0. The highest BCUT2D eigenvalue weighted by molar-refractivity contribution is 6.17. The Bertz CT molecular complexity index is 2880. The average molecular weight is 600 g/mol. The molecule has 0 aliphatic carbocycles. The second-order valence-corrected chi connectivity index (χ2v) is 12.0. The van der Waals surface area contributed by atoms with Gasteiger partial charge in [-0.3, -0.25) is 0 Å². The smallest absolute Gasteiger partial charge is 0.136 e. The first-order valence-corrected chi connectivity index (χ1v) is 15.8. The molecule has 7 aromatic carbocycles. The van der Waals surface area contributed by atoms with Crippen molar-refractivity contribution in [3.05, 3.63) is 157 Å².